The lowest BCUT2D eigenvalue weighted by Gasteiger charge is -1.77. The molecule has 0 aromatic heterocycles. The van der Waals surface area contributed by atoms with Gasteiger partial charge in [-0.25, -0.2) is 0 Å². The molecule has 0 aliphatic heterocycles. The van der Waals surface area contributed by atoms with E-state index in [0.717, 1.165) is 20.1 Å². The molecule has 0 spiro atoms. The van der Waals surface area contributed by atoms with Gasteiger partial charge in [-0.15, -0.1) is 0 Å². The molecule has 0 aromatic rings. The first-order valence-electron chi connectivity index (χ1n) is 3.19. The summed E-state index contributed by atoms with van der Waals surface area (Å²) in [7, 11) is 0. The third-order valence-electron chi connectivity index (χ3n) is 0.201. The molecule has 5 heteroatoms. The van der Waals surface area contributed by atoms with Crippen LogP contribution >= 0.6 is 0 Å². The van der Waals surface area contributed by atoms with E-state index in [1.54, 1.807) is 6.92 Å². The molecule has 0 atom stereocenters. The lowest BCUT2D eigenvalue weighted by Crippen LogP contribution is -2.16. The van der Waals surface area contributed by atoms with Crippen molar-refractivity contribution in [3.63, 3.8) is 0 Å². The summed E-state index contributed by atoms with van der Waals surface area (Å²) in [6, 6.07) is 0. The van der Waals surface area contributed by atoms with Crippen LogP contribution < -0.4 is 10.2 Å². The molecule has 0 fully saturated rings. The van der Waals surface area contributed by atoms with E-state index in [-0.39, 0.29) is 0 Å². The summed E-state index contributed by atoms with van der Waals surface area (Å²) in [5.41, 5.74) is 0.574. The number of carbonyl (C=O) groups is 3. The maximum atomic E-state index is 9.41. The molecule has 0 aliphatic rings. The van der Waals surface area contributed by atoms with Gasteiger partial charge in [-0.05, 0) is 26.3 Å². The molecule has 0 rings (SSSR count). The van der Waals surface area contributed by atoms with Crippen molar-refractivity contribution >= 4 is 18.2 Å². The molecule has 0 unspecified atom stereocenters. The molecule has 0 N–H and O–H groups in total. The molecule has 0 amide bonds. The zero-order valence-electron chi connectivity index (χ0n) is 7.83. The highest BCUT2D eigenvalue weighted by Gasteiger charge is 1.66. The standard InChI is InChI=1S/C4H6O.2C2H4O2/c1-4(2)3-5;2*1-2(3)4/h3H,1H2,2H3;2*1H3,(H,3,4)/p-2. The second-order valence-electron chi connectivity index (χ2n) is 1.95. The first kappa shape index (κ1) is 17.4. The number of allylic oxidation sites excluding steroid dienone is 1. The molecule has 5 nitrogen and oxygen atoms in total. The fourth-order valence-electron chi connectivity index (χ4n) is 0. The fraction of sp³-hybridized carbons (Fsp3) is 0.375. The van der Waals surface area contributed by atoms with Gasteiger partial charge >= 0.3 is 0 Å². The highest BCUT2D eigenvalue weighted by molar-refractivity contribution is 5.70. The molecule has 0 heterocycles. The Morgan fingerprint density at radius 1 is 1.08 bits per heavy atom. The maximum Gasteiger partial charge on any atom is 0.145 e. The Balaban J connectivity index is -0.000000117. The van der Waals surface area contributed by atoms with Gasteiger partial charge in [0.2, 0.25) is 0 Å². The fourth-order valence-corrected chi connectivity index (χ4v) is 0. The van der Waals surface area contributed by atoms with E-state index in [9.17, 15) is 4.79 Å². The van der Waals surface area contributed by atoms with E-state index in [0.29, 0.717) is 5.57 Å². The first-order chi connectivity index (χ1) is 5.73. The lowest BCUT2D eigenvalue weighted by molar-refractivity contribution is -0.303. The van der Waals surface area contributed by atoms with Gasteiger partial charge in [0.05, 0.1) is 0 Å². The van der Waals surface area contributed by atoms with Crippen LogP contribution in [-0.4, -0.2) is 18.2 Å². The SMILES string of the molecule is C=C(C)C=O.CC(=O)[O-].CC(=O)[O-]. The Bertz CT molecular complexity index is 163. The van der Waals surface area contributed by atoms with Crippen molar-refractivity contribution in [3.05, 3.63) is 12.2 Å². The minimum Gasteiger partial charge on any atom is -0.550 e. The van der Waals surface area contributed by atoms with E-state index in [1.807, 2.05) is 0 Å². The summed E-state index contributed by atoms with van der Waals surface area (Å²) in [5.74, 6) is -2.17. The second kappa shape index (κ2) is 13.0. The highest BCUT2D eigenvalue weighted by atomic mass is 16.4. The van der Waals surface area contributed by atoms with Crippen LogP contribution in [0.3, 0.4) is 0 Å². The topological polar surface area (TPSA) is 97.3 Å². The molecule has 0 saturated carbocycles. The van der Waals surface area contributed by atoms with Crippen molar-refractivity contribution in [2.24, 2.45) is 0 Å². The summed E-state index contributed by atoms with van der Waals surface area (Å²) < 4.78 is 0. The van der Waals surface area contributed by atoms with Crippen LogP contribution in [0.15, 0.2) is 12.2 Å². The minimum absolute atomic E-state index is 0.574. The number of hydrogen-bond acceptors (Lipinski definition) is 5. The molecule has 0 aliphatic carbocycles. The predicted octanol–water partition coefficient (Wildman–Crippen LogP) is -1.73. The van der Waals surface area contributed by atoms with E-state index in [4.69, 9.17) is 19.8 Å². The predicted molar refractivity (Wildman–Crippen MR) is 42.2 cm³/mol. The van der Waals surface area contributed by atoms with Crippen molar-refractivity contribution in [2.75, 3.05) is 0 Å². The van der Waals surface area contributed by atoms with Crippen molar-refractivity contribution in [1.82, 2.24) is 0 Å². The zero-order chi connectivity index (χ0) is 11.4. The molecular weight excluding hydrogens is 176 g/mol. The summed E-state index contributed by atoms with van der Waals surface area (Å²) in [4.78, 5) is 27.2. The Hall–Kier alpha value is -1.65. The van der Waals surface area contributed by atoms with Gasteiger partial charge in [-0.3, -0.25) is 4.79 Å². The van der Waals surface area contributed by atoms with Crippen LogP contribution in [0.2, 0.25) is 0 Å². The van der Waals surface area contributed by atoms with Crippen molar-refractivity contribution in [1.29, 1.82) is 0 Å². The normalized spacial score (nSPS) is 6.38. The quantitative estimate of drug-likeness (QED) is 0.360. The van der Waals surface area contributed by atoms with Crippen LogP contribution in [0.4, 0.5) is 0 Å². The van der Waals surface area contributed by atoms with Gasteiger partial charge in [0.1, 0.15) is 6.29 Å². The number of carboxylic acids is 2. The third kappa shape index (κ3) is 5890. The van der Waals surface area contributed by atoms with Gasteiger partial charge in [0.25, 0.3) is 0 Å². The average Bonchev–Trinajstić information content (AvgIpc) is 1.84. The Morgan fingerprint density at radius 3 is 1.15 bits per heavy atom. The van der Waals surface area contributed by atoms with Crippen molar-refractivity contribution in [2.45, 2.75) is 20.8 Å². The van der Waals surface area contributed by atoms with Crippen LogP contribution in [-0.2, 0) is 14.4 Å². The number of rotatable bonds is 1. The van der Waals surface area contributed by atoms with Crippen LogP contribution in [0.5, 0.6) is 0 Å². The smallest absolute Gasteiger partial charge is 0.145 e. The van der Waals surface area contributed by atoms with Gasteiger partial charge in [0, 0.05) is 11.9 Å². The number of aldehydes is 1. The van der Waals surface area contributed by atoms with Crippen LogP contribution in [0.25, 0.3) is 0 Å². The Morgan fingerprint density at radius 2 is 1.15 bits per heavy atom. The molecule has 0 bridgehead atoms. The molecule has 0 saturated heterocycles. The van der Waals surface area contributed by atoms with Crippen LogP contribution in [0, 0.1) is 0 Å². The minimum atomic E-state index is -1.08. The van der Waals surface area contributed by atoms with Crippen molar-refractivity contribution < 1.29 is 24.6 Å². The van der Waals surface area contributed by atoms with Gasteiger partial charge in [-0.2, -0.15) is 0 Å². The molecule has 76 valence electrons. The summed E-state index contributed by atoms with van der Waals surface area (Å²) in [6.07, 6.45) is 0.722. The van der Waals surface area contributed by atoms with E-state index >= 15 is 0 Å². The second-order valence-corrected chi connectivity index (χ2v) is 1.95. The van der Waals surface area contributed by atoms with Gasteiger partial charge < -0.3 is 19.8 Å². The molecule has 0 aromatic carbocycles. The zero-order valence-corrected chi connectivity index (χ0v) is 7.83. The van der Waals surface area contributed by atoms with E-state index < -0.39 is 11.9 Å². The Labute approximate surface area is 76.7 Å². The van der Waals surface area contributed by atoms with E-state index in [1.165, 1.54) is 0 Å². The molecular formula is C8H12O5-2. The number of carbonyl (C=O) groups excluding carboxylic acids is 3. The largest absolute Gasteiger partial charge is 0.550 e. The third-order valence-corrected chi connectivity index (χ3v) is 0.201. The molecule has 13 heavy (non-hydrogen) atoms. The number of carboxylic acid groups (broad SMARTS) is 2. The van der Waals surface area contributed by atoms with E-state index in [2.05, 4.69) is 6.58 Å². The highest BCUT2D eigenvalue weighted by Crippen LogP contribution is 1.70. The Kier molecular flexibility index (Phi) is 17.4. The number of hydrogen-bond donors (Lipinski definition) is 0. The van der Waals surface area contributed by atoms with Gasteiger partial charge in [0.15, 0.2) is 0 Å². The van der Waals surface area contributed by atoms with Crippen molar-refractivity contribution in [3.8, 4) is 0 Å². The average molecular weight is 188 g/mol. The molecule has 0 radical (unpaired) electrons. The maximum absolute atomic E-state index is 9.41. The lowest BCUT2D eigenvalue weighted by atomic mass is 10.4. The summed E-state index contributed by atoms with van der Waals surface area (Å²) >= 11 is 0. The first-order valence-corrected chi connectivity index (χ1v) is 3.19. The summed E-state index contributed by atoms with van der Waals surface area (Å²) in [5, 5.41) is 17.8. The van der Waals surface area contributed by atoms with Gasteiger partial charge in [-0.1, -0.05) is 6.58 Å². The van der Waals surface area contributed by atoms with Crippen LogP contribution in [0.1, 0.15) is 20.8 Å². The number of aliphatic carboxylic acids is 2. The summed E-state index contributed by atoms with van der Waals surface area (Å²) in [6.45, 7) is 6.91. The monoisotopic (exact) mass is 188 g/mol.